The highest BCUT2D eigenvalue weighted by atomic mass is 79.9. The molecule has 2 rings (SSSR count). The number of aliphatic hydroxyl groups is 1. The van der Waals surface area contributed by atoms with E-state index in [0.29, 0.717) is 17.3 Å². The molecule has 92 valence electrons. The van der Waals surface area contributed by atoms with Gasteiger partial charge >= 0.3 is 6.04 Å². The molecule has 1 saturated carbocycles. The molecule has 1 aliphatic carbocycles. The summed E-state index contributed by atoms with van der Waals surface area (Å²) >= 11 is 3.13. The lowest BCUT2D eigenvalue weighted by Gasteiger charge is -2.41. The normalized spacial score (nSPS) is 27.4. The van der Waals surface area contributed by atoms with Crippen LogP contribution in [0.4, 0.5) is 10.2 Å². The van der Waals surface area contributed by atoms with Crippen molar-refractivity contribution in [2.75, 3.05) is 5.32 Å². The van der Waals surface area contributed by atoms with Crippen LogP contribution in [0.15, 0.2) is 16.7 Å². The number of aromatic nitrogens is 1. The first-order chi connectivity index (χ1) is 7.87. The van der Waals surface area contributed by atoms with Gasteiger partial charge in [-0.1, -0.05) is 0 Å². The second kappa shape index (κ2) is 4.34. The monoisotopic (exact) mass is 302 g/mol. The second-order valence-corrected chi connectivity index (χ2v) is 5.49. The number of anilines is 1. The van der Waals surface area contributed by atoms with Crippen LogP contribution in [-0.4, -0.2) is 27.8 Å². The van der Waals surface area contributed by atoms with Crippen molar-refractivity contribution in [2.45, 2.75) is 31.4 Å². The van der Waals surface area contributed by atoms with E-state index in [9.17, 15) is 14.3 Å². The van der Waals surface area contributed by atoms with Crippen molar-refractivity contribution in [3.63, 3.8) is 0 Å². The van der Waals surface area contributed by atoms with Crippen molar-refractivity contribution in [2.24, 2.45) is 0 Å². The number of carbonyl (C=O) groups excluding carboxylic acids is 1. The maximum absolute atomic E-state index is 12.8. The number of pyridine rings is 1. The number of nitrogens with zero attached hydrogens (tertiary/aromatic N) is 1. The molecule has 17 heavy (non-hydrogen) atoms. The van der Waals surface area contributed by atoms with Gasteiger partial charge in [0, 0.05) is 16.7 Å². The van der Waals surface area contributed by atoms with E-state index in [-0.39, 0.29) is 17.4 Å². The van der Waals surface area contributed by atoms with Gasteiger partial charge in [0.05, 0.1) is 11.2 Å². The van der Waals surface area contributed by atoms with Crippen molar-refractivity contribution >= 4 is 27.8 Å². The Morgan fingerprint density at radius 2 is 2.35 bits per heavy atom. The number of rotatable bonds is 3. The van der Waals surface area contributed by atoms with E-state index in [1.165, 1.54) is 12.3 Å². The van der Waals surface area contributed by atoms with Crippen molar-refractivity contribution in [1.82, 2.24) is 4.98 Å². The smallest absolute Gasteiger partial charge is 0.335 e. The summed E-state index contributed by atoms with van der Waals surface area (Å²) in [5.74, 6) is 0.223. The first kappa shape index (κ1) is 12.4. The summed E-state index contributed by atoms with van der Waals surface area (Å²) in [5, 5.41) is 12.5. The van der Waals surface area contributed by atoms with Gasteiger partial charge in [0.15, 0.2) is 0 Å². The molecule has 2 N–H and O–H groups in total. The van der Waals surface area contributed by atoms with E-state index < -0.39 is 11.6 Å². The van der Waals surface area contributed by atoms with Gasteiger partial charge in [-0.2, -0.15) is 4.39 Å². The van der Waals surface area contributed by atoms with Crippen LogP contribution >= 0.6 is 15.9 Å². The van der Waals surface area contributed by atoms with E-state index in [1.807, 2.05) is 0 Å². The Labute approximate surface area is 106 Å². The van der Waals surface area contributed by atoms with Crippen LogP contribution in [0.1, 0.15) is 30.1 Å². The third-order valence-electron chi connectivity index (χ3n) is 2.78. The third-order valence-corrected chi connectivity index (χ3v) is 3.21. The standard InChI is InChI=1S/C11H12BrFN2O2/c1-11(17)3-7(4-11)15-10-8(9(13)16)2-6(12)5-14-10/h2,5,7,17H,3-4H2,1H3,(H,14,15). The molecule has 0 bridgehead atoms. The number of hydrogen-bond donors (Lipinski definition) is 2. The van der Waals surface area contributed by atoms with Crippen LogP contribution in [0, 0.1) is 0 Å². The van der Waals surface area contributed by atoms with Crippen LogP contribution in [-0.2, 0) is 0 Å². The molecule has 0 saturated heterocycles. The van der Waals surface area contributed by atoms with Gasteiger partial charge in [-0.25, -0.2) is 4.98 Å². The molecule has 0 aliphatic heterocycles. The highest BCUT2D eigenvalue weighted by Crippen LogP contribution is 2.34. The summed E-state index contributed by atoms with van der Waals surface area (Å²) in [7, 11) is 0. The Bertz CT molecular complexity index is 457. The summed E-state index contributed by atoms with van der Waals surface area (Å²) in [6.45, 7) is 1.74. The maximum Gasteiger partial charge on any atom is 0.335 e. The molecule has 0 unspecified atom stereocenters. The van der Waals surface area contributed by atoms with Crippen LogP contribution < -0.4 is 5.32 Å². The minimum atomic E-state index is -1.52. The lowest BCUT2D eigenvalue weighted by molar-refractivity contribution is -0.0235. The molecule has 1 aromatic heterocycles. The Morgan fingerprint density at radius 3 is 2.88 bits per heavy atom. The van der Waals surface area contributed by atoms with E-state index in [1.54, 1.807) is 6.92 Å². The predicted octanol–water partition coefficient (Wildman–Crippen LogP) is 2.28. The number of halogens is 2. The maximum atomic E-state index is 12.8. The summed E-state index contributed by atoms with van der Waals surface area (Å²) in [6, 6.07) is -0.113. The molecular formula is C11H12BrFN2O2. The largest absolute Gasteiger partial charge is 0.390 e. The Hall–Kier alpha value is -1.01. The molecule has 1 aromatic rings. The molecular weight excluding hydrogens is 291 g/mol. The molecule has 0 radical (unpaired) electrons. The zero-order chi connectivity index (χ0) is 12.6. The van der Waals surface area contributed by atoms with Crippen molar-refractivity contribution < 1.29 is 14.3 Å². The average Bonchev–Trinajstić information content (AvgIpc) is 2.17. The van der Waals surface area contributed by atoms with Crippen LogP contribution in [0.5, 0.6) is 0 Å². The fourth-order valence-electron chi connectivity index (χ4n) is 2.00. The first-order valence-corrected chi connectivity index (χ1v) is 6.01. The number of nitrogens with one attached hydrogen (secondary N) is 1. The summed E-state index contributed by atoms with van der Waals surface area (Å²) in [5.41, 5.74) is -0.765. The van der Waals surface area contributed by atoms with Gasteiger partial charge in [0.25, 0.3) is 0 Å². The van der Waals surface area contributed by atoms with Crippen LogP contribution in [0.2, 0.25) is 0 Å². The van der Waals surface area contributed by atoms with Crippen molar-refractivity contribution in [3.8, 4) is 0 Å². The Kier molecular flexibility index (Phi) is 3.18. The zero-order valence-electron chi connectivity index (χ0n) is 9.20. The van der Waals surface area contributed by atoms with E-state index in [0.717, 1.165) is 0 Å². The van der Waals surface area contributed by atoms with Crippen LogP contribution in [0.3, 0.4) is 0 Å². The average molecular weight is 303 g/mol. The highest BCUT2D eigenvalue weighted by molar-refractivity contribution is 9.10. The highest BCUT2D eigenvalue weighted by Gasteiger charge is 2.38. The summed E-state index contributed by atoms with van der Waals surface area (Å²) < 4.78 is 13.4. The molecule has 1 aliphatic rings. The van der Waals surface area contributed by atoms with E-state index in [2.05, 4.69) is 26.2 Å². The molecule has 0 aromatic carbocycles. The predicted molar refractivity (Wildman–Crippen MR) is 64.6 cm³/mol. The summed E-state index contributed by atoms with van der Waals surface area (Å²) in [4.78, 5) is 14.8. The van der Waals surface area contributed by atoms with Gasteiger partial charge in [0.2, 0.25) is 0 Å². The lowest BCUT2D eigenvalue weighted by atomic mass is 9.77. The molecule has 1 heterocycles. The minimum absolute atomic E-state index is 0.0248. The van der Waals surface area contributed by atoms with Crippen LogP contribution in [0.25, 0.3) is 0 Å². The lowest BCUT2D eigenvalue weighted by Crippen LogP contribution is -2.48. The Morgan fingerprint density at radius 1 is 1.71 bits per heavy atom. The van der Waals surface area contributed by atoms with Crippen molar-refractivity contribution in [1.29, 1.82) is 0 Å². The quantitative estimate of drug-likeness (QED) is 0.841. The summed E-state index contributed by atoms with van der Waals surface area (Å²) in [6.07, 6.45) is 2.61. The fraction of sp³-hybridized carbons (Fsp3) is 0.455. The molecule has 0 amide bonds. The second-order valence-electron chi connectivity index (χ2n) is 4.57. The van der Waals surface area contributed by atoms with Gasteiger partial charge in [-0.15, -0.1) is 0 Å². The topological polar surface area (TPSA) is 62.2 Å². The fourth-order valence-corrected chi connectivity index (χ4v) is 2.33. The van der Waals surface area contributed by atoms with Crippen molar-refractivity contribution in [3.05, 3.63) is 22.3 Å². The van der Waals surface area contributed by atoms with E-state index >= 15 is 0 Å². The first-order valence-electron chi connectivity index (χ1n) is 5.22. The zero-order valence-corrected chi connectivity index (χ0v) is 10.8. The third kappa shape index (κ3) is 2.81. The number of carbonyl (C=O) groups is 1. The molecule has 1 fully saturated rings. The van der Waals surface area contributed by atoms with Gasteiger partial charge in [-0.05, 0) is 41.8 Å². The minimum Gasteiger partial charge on any atom is -0.390 e. The molecule has 6 heteroatoms. The van der Waals surface area contributed by atoms with E-state index in [4.69, 9.17) is 0 Å². The van der Waals surface area contributed by atoms with Gasteiger partial charge in [0.1, 0.15) is 5.82 Å². The molecule has 4 nitrogen and oxygen atoms in total. The molecule has 0 atom stereocenters. The molecule has 0 spiro atoms. The Balaban J connectivity index is 2.13. The van der Waals surface area contributed by atoms with Gasteiger partial charge < -0.3 is 10.4 Å². The van der Waals surface area contributed by atoms with Gasteiger partial charge in [-0.3, -0.25) is 4.79 Å². The number of hydrogen-bond acceptors (Lipinski definition) is 4. The SMILES string of the molecule is CC1(O)CC(Nc2ncc(Br)cc2C(=O)F)C1.